The van der Waals surface area contributed by atoms with Crippen LogP contribution in [0.2, 0.25) is 5.02 Å². The van der Waals surface area contributed by atoms with Crippen molar-refractivity contribution in [3.8, 4) is 0 Å². The summed E-state index contributed by atoms with van der Waals surface area (Å²) in [6.07, 6.45) is 0. The highest BCUT2D eigenvalue weighted by atomic mass is 35.5. The van der Waals surface area contributed by atoms with Gasteiger partial charge in [0.05, 0.1) is 10.6 Å². The molecule has 0 spiro atoms. The molecule has 2 rings (SSSR count). The van der Waals surface area contributed by atoms with Crippen molar-refractivity contribution in [3.63, 3.8) is 0 Å². The number of carbonyl (C=O) groups is 1. The fourth-order valence-corrected chi connectivity index (χ4v) is 2.96. The van der Waals surface area contributed by atoms with E-state index >= 15 is 0 Å². The third kappa shape index (κ3) is 2.68. The van der Waals surface area contributed by atoms with Crippen molar-refractivity contribution in [2.45, 2.75) is 16.7 Å². The summed E-state index contributed by atoms with van der Waals surface area (Å²) in [6, 6.07) is 13.0. The highest BCUT2D eigenvalue weighted by molar-refractivity contribution is 7.99. The minimum absolute atomic E-state index is 0.160. The van der Waals surface area contributed by atoms with E-state index in [4.69, 9.17) is 11.6 Å². The molecule has 0 aliphatic rings. The maximum atomic E-state index is 11.2. The van der Waals surface area contributed by atoms with Crippen LogP contribution in [0.1, 0.15) is 15.9 Å². The molecular formula is C14H11ClO2S. The smallest absolute Gasteiger partial charge is 0.338 e. The number of rotatable bonds is 3. The van der Waals surface area contributed by atoms with Gasteiger partial charge >= 0.3 is 5.97 Å². The van der Waals surface area contributed by atoms with Crippen LogP contribution in [-0.2, 0) is 0 Å². The van der Waals surface area contributed by atoms with Crippen molar-refractivity contribution >= 4 is 29.3 Å². The molecule has 18 heavy (non-hydrogen) atoms. The summed E-state index contributed by atoms with van der Waals surface area (Å²) in [4.78, 5) is 12.9. The van der Waals surface area contributed by atoms with E-state index in [2.05, 4.69) is 0 Å². The maximum Gasteiger partial charge on any atom is 0.338 e. The zero-order chi connectivity index (χ0) is 13.1. The van der Waals surface area contributed by atoms with Crippen molar-refractivity contribution in [1.82, 2.24) is 0 Å². The predicted molar refractivity (Wildman–Crippen MR) is 73.7 cm³/mol. The van der Waals surface area contributed by atoms with Gasteiger partial charge in [-0.15, -0.1) is 0 Å². The van der Waals surface area contributed by atoms with Crippen molar-refractivity contribution in [2.75, 3.05) is 0 Å². The average molecular weight is 279 g/mol. The van der Waals surface area contributed by atoms with E-state index in [1.165, 1.54) is 11.8 Å². The topological polar surface area (TPSA) is 37.3 Å². The molecule has 0 bridgehead atoms. The largest absolute Gasteiger partial charge is 0.478 e. The van der Waals surface area contributed by atoms with Crippen LogP contribution in [0.25, 0.3) is 0 Å². The molecule has 0 fully saturated rings. The fourth-order valence-electron chi connectivity index (χ4n) is 1.59. The summed E-state index contributed by atoms with van der Waals surface area (Å²) in [5, 5.41) is 9.46. The lowest BCUT2D eigenvalue weighted by atomic mass is 10.2. The maximum absolute atomic E-state index is 11.2. The van der Waals surface area contributed by atoms with E-state index in [1.54, 1.807) is 18.2 Å². The van der Waals surface area contributed by atoms with Crippen LogP contribution in [-0.4, -0.2) is 11.1 Å². The molecule has 2 aromatic carbocycles. The number of carboxylic acids is 1. The highest BCUT2D eigenvalue weighted by Crippen LogP contribution is 2.35. The molecule has 0 unspecified atom stereocenters. The van der Waals surface area contributed by atoms with Gasteiger partial charge in [0, 0.05) is 9.79 Å². The number of aryl methyl sites for hydroxylation is 1. The number of carboxylic acid groups (broad SMARTS) is 1. The molecular weight excluding hydrogens is 268 g/mol. The lowest BCUT2D eigenvalue weighted by Crippen LogP contribution is -1.99. The summed E-state index contributed by atoms with van der Waals surface area (Å²) in [6.45, 7) is 1.99. The van der Waals surface area contributed by atoms with Gasteiger partial charge < -0.3 is 5.11 Å². The monoisotopic (exact) mass is 278 g/mol. The Balaban J connectivity index is 2.44. The number of halogens is 1. The van der Waals surface area contributed by atoms with Crippen LogP contribution in [0, 0.1) is 6.92 Å². The Morgan fingerprint density at radius 1 is 1.11 bits per heavy atom. The van der Waals surface area contributed by atoms with E-state index in [0.717, 1.165) is 10.5 Å². The number of aromatic carboxylic acids is 1. The van der Waals surface area contributed by atoms with Crippen molar-refractivity contribution in [3.05, 3.63) is 58.6 Å². The van der Waals surface area contributed by atoms with E-state index in [-0.39, 0.29) is 10.6 Å². The van der Waals surface area contributed by atoms with Crippen LogP contribution in [0.5, 0.6) is 0 Å². The summed E-state index contributed by atoms with van der Waals surface area (Å²) >= 11 is 7.35. The standard InChI is InChI=1S/C14H11ClO2S/c1-9-5-2-3-7-11(9)18-12-8-4-6-10(15)13(12)14(16)17/h2-8H,1H3,(H,16,17). The molecule has 0 atom stereocenters. The highest BCUT2D eigenvalue weighted by Gasteiger charge is 2.15. The molecule has 0 aromatic heterocycles. The molecule has 92 valence electrons. The molecule has 0 saturated carbocycles. The molecule has 0 heterocycles. The van der Waals surface area contributed by atoms with Crippen LogP contribution in [0.3, 0.4) is 0 Å². The third-order valence-electron chi connectivity index (χ3n) is 2.50. The van der Waals surface area contributed by atoms with Gasteiger partial charge in [0.1, 0.15) is 0 Å². The average Bonchev–Trinajstić information content (AvgIpc) is 2.31. The van der Waals surface area contributed by atoms with Crippen molar-refractivity contribution in [2.24, 2.45) is 0 Å². The summed E-state index contributed by atoms with van der Waals surface area (Å²) < 4.78 is 0. The first-order valence-electron chi connectivity index (χ1n) is 5.35. The minimum atomic E-state index is -1.00. The second kappa shape index (κ2) is 5.46. The van der Waals surface area contributed by atoms with Crippen LogP contribution >= 0.6 is 23.4 Å². The number of hydrogen-bond donors (Lipinski definition) is 1. The Hall–Kier alpha value is -1.45. The zero-order valence-electron chi connectivity index (χ0n) is 9.68. The molecule has 0 saturated heterocycles. The van der Waals surface area contributed by atoms with Gasteiger partial charge in [-0.1, -0.05) is 47.6 Å². The Kier molecular flexibility index (Phi) is 3.94. The van der Waals surface area contributed by atoms with Gasteiger partial charge in [0.15, 0.2) is 0 Å². The SMILES string of the molecule is Cc1ccccc1Sc1cccc(Cl)c1C(=O)O. The molecule has 0 aliphatic heterocycles. The fraction of sp³-hybridized carbons (Fsp3) is 0.0714. The minimum Gasteiger partial charge on any atom is -0.478 e. The second-order valence-electron chi connectivity index (χ2n) is 3.79. The lowest BCUT2D eigenvalue weighted by Gasteiger charge is -2.09. The van der Waals surface area contributed by atoms with E-state index in [9.17, 15) is 9.90 Å². The van der Waals surface area contributed by atoms with Crippen LogP contribution in [0.15, 0.2) is 52.3 Å². The molecule has 4 heteroatoms. The molecule has 2 aromatic rings. The van der Waals surface area contributed by atoms with Gasteiger partial charge in [-0.3, -0.25) is 0 Å². The molecule has 1 N–H and O–H groups in total. The number of benzene rings is 2. The lowest BCUT2D eigenvalue weighted by molar-refractivity contribution is 0.0693. The Labute approximate surface area is 115 Å². The van der Waals surface area contributed by atoms with E-state index in [0.29, 0.717) is 4.90 Å². The zero-order valence-corrected chi connectivity index (χ0v) is 11.3. The van der Waals surface area contributed by atoms with Gasteiger partial charge in [0.2, 0.25) is 0 Å². The molecule has 0 aliphatic carbocycles. The Morgan fingerprint density at radius 3 is 2.44 bits per heavy atom. The van der Waals surface area contributed by atoms with Crippen LogP contribution < -0.4 is 0 Å². The summed E-state index contributed by atoms with van der Waals surface area (Å²) in [5.41, 5.74) is 1.27. The normalized spacial score (nSPS) is 10.3. The van der Waals surface area contributed by atoms with Gasteiger partial charge in [-0.25, -0.2) is 4.79 Å². The summed E-state index contributed by atoms with van der Waals surface area (Å²) in [5.74, 6) is -1.00. The first-order chi connectivity index (χ1) is 8.59. The first kappa shape index (κ1) is 13.0. The predicted octanol–water partition coefficient (Wildman–Crippen LogP) is 4.50. The number of hydrogen-bond acceptors (Lipinski definition) is 2. The molecule has 0 amide bonds. The van der Waals surface area contributed by atoms with E-state index < -0.39 is 5.97 Å². The van der Waals surface area contributed by atoms with E-state index in [1.807, 2.05) is 31.2 Å². The first-order valence-corrected chi connectivity index (χ1v) is 6.54. The third-order valence-corrected chi connectivity index (χ3v) is 4.06. The van der Waals surface area contributed by atoms with Gasteiger partial charge in [-0.2, -0.15) is 0 Å². The van der Waals surface area contributed by atoms with Crippen molar-refractivity contribution < 1.29 is 9.90 Å². The van der Waals surface area contributed by atoms with Crippen LogP contribution in [0.4, 0.5) is 0 Å². The Morgan fingerprint density at radius 2 is 1.78 bits per heavy atom. The Bertz CT molecular complexity index is 596. The summed E-state index contributed by atoms with van der Waals surface area (Å²) in [7, 11) is 0. The van der Waals surface area contributed by atoms with Gasteiger partial charge in [-0.05, 0) is 30.7 Å². The molecule has 2 nitrogen and oxygen atoms in total. The molecule has 0 radical (unpaired) electrons. The second-order valence-corrected chi connectivity index (χ2v) is 5.28. The van der Waals surface area contributed by atoms with Crippen molar-refractivity contribution in [1.29, 1.82) is 0 Å². The quantitative estimate of drug-likeness (QED) is 0.898. The van der Waals surface area contributed by atoms with Gasteiger partial charge in [0.25, 0.3) is 0 Å².